The molecule has 1 aromatic rings. The Hall–Kier alpha value is -1.68. The third-order valence-electron chi connectivity index (χ3n) is 4.77. The molecule has 1 atom stereocenters. The smallest absolute Gasteiger partial charge is 0.328 e. The maximum atomic E-state index is 12.7. The van der Waals surface area contributed by atoms with Gasteiger partial charge >= 0.3 is 5.97 Å². The number of carbonyl (C=O) groups excluding carboxylic acids is 2. The Balaban J connectivity index is 3.28. The molecule has 0 heterocycles. The maximum absolute atomic E-state index is 12.7. The number of Topliss-reactive ketones (excluding diaryl/α,β-unsaturated/α-hetero) is 1. The lowest BCUT2D eigenvalue weighted by atomic mass is 9.73. The van der Waals surface area contributed by atoms with Crippen molar-refractivity contribution in [1.82, 2.24) is 5.32 Å². The van der Waals surface area contributed by atoms with Crippen LogP contribution in [0.15, 0.2) is 12.1 Å². The molecule has 1 rings (SSSR count). The maximum Gasteiger partial charge on any atom is 0.328 e. The van der Waals surface area contributed by atoms with Gasteiger partial charge in [0.15, 0.2) is 0 Å². The van der Waals surface area contributed by atoms with Crippen molar-refractivity contribution in [2.24, 2.45) is 5.41 Å². The van der Waals surface area contributed by atoms with Crippen molar-refractivity contribution in [1.29, 1.82) is 0 Å². The van der Waals surface area contributed by atoms with Gasteiger partial charge in [0.2, 0.25) is 0 Å². The van der Waals surface area contributed by atoms with E-state index in [2.05, 4.69) is 11.4 Å². The summed E-state index contributed by atoms with van der Waals surface area (Å²) in [6, 6.07) is 3.54. The highest BCUT2D eigenvalue weighted by atomic mass is 16.5. The zero-order chi connectivity index (χ0) is 22.1. The van der Waals surface area contributed by atoms with Crippen molar-refractivity contribution in [2.45, 2.75) is 99.6 Å². The van der Waals surface area contributed by atoms with Crippen LogP contribution in [-0.4, -0.2) is 23.3 Å². The Kier molecular flexibility index (Phi) is 7.27. The molecule has 0 aliphatic carbocycles. The Morgan fingerprint density at radius 2 is 1.54 bits per heavy atom. The lowest BCUT2D eigenvalue weighted by Gasteiger charge is -2.32. The van der Waals surface area contributed by atoms with E-state index in [0.717, 1.165) is 16.7 Å². The fraction of sp³-hybridized carbons (Fsp3) is 0.667. The molecule has 158 valence electrons. The van der Waals surface area contributed by atoms with Gasteiger partial charge in [0.25, 0.3) is 0 Å². The number of ketones is 1. The van der Waals surface area contributed by atoms with Gasteiger partial charge in [-0.25, -0.2) is 4.79 Å². The van der Waals surface area contributed by atoms with Crippen molar-refractivity contribution >= 4 is 11.8 Å². The fourth-order valence-electron chi connectivity index (χ4n) is 3.54. The van der Waals surface area contributed by atoms with E-state index in [4.69, 9.17) is 4.74 Å². The molecule has 4 heteroatoms. The molecule has 0 saturated carbocycles. The highest BCUT2D eigenvalue weighted by molar-refractivity contribution is 5.85. The first-order valence-corrected chi connectivity index (χ1v) is 10.1. The van der Waals surface area contributed by atoms with Gasteiger partial charge < -0.3 is 4.74 Å². The minimum Gasteiger partial charge on any atom is -0.425 e. The summed E-state index contributed by atoms with van der Waals surface area (Å²) in [5.74, 6) is 0.424. The molecular formula is C24H39NO3. The number of benzene rings is 1. The van der Waals surface area contributed by atoms with Crippen LogP contribution in [0.2, 0.25) is 0 Å². The third kappa shape index (κ3) is 6.73. The summed E-state index contributed by atoms with van der Waals surface area (Å²) in [5, 5.41) is 3.25. The van der Waals surface area contributed by atoms with Crippen molar-refractivity contribution in [3.63, 3.8) is 0 Å². The number of aryl methyl sites for hydroxylation is 2. The normalized spacial score (nSPS) is 14.0. The lowest BCUT2D eigenvalue weighted by Crippen LogP contribution is -2.47. The lowest BCUT2D eigenvalue weighted by molar-refractivity contribution is -0.136. The average Bonchev–Trinajstić information content (AvgIpc) is 2.42. The summed E-state index contributed by atoms with van der Waals surface area (Å²) in [5.41, 5.74) is 1.94. The van der Waals surface area contributed by atoms with Crippen LogP contribution in [0.3, 0.4) is 0 Å². The van der Waals surface area contributed by atoms with Crippen LogP contribution >= 0.6 is 0 Å². The molecule has 1 aromatic carbocycles. The molecule has 0 aromatic heterocycles. The van der Waals surface area contributed by atoms with E-state index in [1.54, 1.807) is 0 Å². The number of esters is 1. The molecule has 0 radical (unpaired) electrons. The molecule has 0 spiro atoms. The van der Waals surface area contributed by atoms with Crippen LogP contribution in [0.25, 0.3) is 0 Å². The van der Waals surface area contributed by atoms with Gasteiger partial charge in [-0.3, -0.25) is 10.1 Å². The van der Waals surface area contributed by atoms with Crippen LogP contribution in [0.4, 0.5) is 0 Å². The van der Waals surface area contributed by atoms with E-state index >= 15 is 0 Å². The van der Waals surface area contributed by atoms with Crippen LogP contribution < -0.4 is 10.1 Å². The van der Waals surface area contributed by atoms with Gasteiger partial charge in [-0.2, -0.15) is 0 Å². The number of carbonyl (C=O) groups is 2. The summed E-state index contributed by atoms with van der Waals surface area (Å²) in [4.78, 5) is 25.4. The first-order chi connectivity index (χ1) is 12.4. The second kappa shape index (κ2) is 8.36. The molecule has 0 amide bonds. The fourth-order valence-corrected chi connectivity index (χ4v) is 3.54. The molecule has 0 saturated heterocycles. The Morgan fingerprint density at radius 3 is 2.00 bits per heavy atom. The first kappa shape index (κ1) is 24.4. The average molecular weight is 390 g/mol. The standard InChI is InChI=1S/C24H39NO3/c1-15-12-16(2)20(24(10,11)14-19(26)22(4,5)6)18(13-15)28-21(27)17(3)25-23(7,8)9/h12-13,17,25H,14H2,1-11H3. The van der Waals surface area contributed by atoms with Gasteiger partial charge in [-0.1, -0.05) is 40.7 Å². The van der Waals surface area contributed by atoms with Crippen LogP contribution in [0, 0.1) is 19.3 Å². The van der Waals surface area contributed by atoms with Crippen molar-refractivity contribution in [3.05, 3.63) is 28.8 Å². The van der Waals surface area contributed by atoms with Crippen LogP contribution in [0.1, 0.15) is 85.4 Å². The van der Waals surface area contributed by atoms with Gasteiger partial charge in [-0.15, -0.1) is 0 Å². The highest BCUT2D eigenvalue weighted by Gasteiger charge is 2.34. The quantitative estimate of drug-likeness (QED) is 0.532. The number of rotatable bonds is 6. The van der Waals surface area contributed by atoms with E-state index < -0.39 is 16.9 Å². The second-order valence-corrected chi connectivity index (χ2v) is 10.7. The SMILES string of the molecule is Cc1cc(C)c(C(C)(C)CC(=O)C(C)(C)C)c(OC(=O)C(C)NC(C)(C)C)c1. The largest absolute Gasteiger partial charge is 0.425 e. The summed E-state index contributed by atoms with van der Waals surface area (Å²) >= 11 is 0. The molecule has 1 N–H and O–H groups in total. The Labute approximate surface area is 171 Å². The van der Waals surface area contributed by atoms with E-state index in [1.807, 2.05) is 82.2 Å². The van der Waals surface area contributed by atoms with E-state index in [-0.39, 0.29) is 17.3 Å². The van der Waals surface area contributed by atoms with Gasteiger partial charge in [0.05, 0.1) is 0 Å². The summed E-state index contributed by atoms with van der Waals surface area (Å²) < 4.78 is 5.86. The predicted octanol–water partition coefficient (Wildman–Crippen LogP) is 5.27. The molecular weight excluding hydrogens is 350 g/mol. The zero-order valence-electron chi connectivity index (χ0n) is 19.7. The molecule has 28 heavy (non-hydrogen) atoms. The molecule has 1 unspecified atom stereocenters. The van der Waals surface area contributed by atoms with Crippen molar-refractivity contribution < 1.29 is 14.3 Å². The first-order valence-electron chi connectivity index (χ1n) is 10.1. The van der Waals surface area contributed by atoms with Crippen LogP contribution in [-0.2, 0) is 15.0 Å². The van der Waals surface area contributed by atoms with E-state index in [1.165, 1.54) is 0 Å². The van der Waals surface area contributed by atoms with Gasteiger partial charge in [-0.05, 0) is 58.7 Å². The number of nitrogens with one attached hydrogen (secondary N) is 1. The molecule has 0 aliphatic rings. The van der Waals surface area contributed by atoms with Crippen LogP contribution in [0.5, 0.6) is 5.75 Å². The molecule has 0 fully saturated rings. The molecule has 4 nitrogen and oxygen atoms in total. The van der Waals surface area contributed by atoms with E-state index in [9.17, 15) is 9.59 Å². The summed E-state index contributed by atoms with van der Waals surface area (Å²) in [6.07, 6.45) is 0.390. The minimum atomic E-state index is -0.446. The topological polar surface area (TPSA) is 55.4 Å². The second-order valence-electron chi connectivity index (χ2n) is 10.7. The van der Waals surface area contributed by atoms with Crippen molar-refractivity contribution in [3.8, 4) is 5.75 Å². The van der Waals surface area contributed by atoms with Gasteiger partial charge in [0.1, 0.15) is 17.6 Å². The minimum absolute atomic E-state index is 0.192. The Bertz CT molecular complexity index is 733. The molecule has 0 aliphatic heterocycles. The number of ether oxygens (including phenoxy) is 1. The molecule has 0 bridgehead atoms. The Morgan fingerprint density at radius 1 is 1.00 bits per heavy atom. The highest BCUT2D eigenvalue weighted by Crippen LogP contribution is 2.39. The summed E-state index contributed by atoms with van der Waals surface area (Å²) in [7, 11) is 0. The zero-order valence-corrected chi connectivity index (χ0v) is 19.7. The van der Waals surface area contributed by atoms with E-state index in [0.29, 0.717) is 12.2 Å². The summed E-state index contributed by atoms with van der Waals surface area (Å²) in [6.45, 7) is 21.8. The van der Waals surface area contributed by atoms with Gasteiger partial charge in [0, 0.05) is 28.4 Å². The number of hydrogen-bond donors (Lipinski definition) is 1. The monoisotopic (exact) mass is 389 g/mol. The number of hydrogen-bond acceptors (Lipinski definition) is 4. The third-order valence-corrected chi connectivity index (χ3v) is 4.77. The van der Waals surface area contributed by atoms with Crippen molar-refractivity contribution in [2.75, 3.05) is 0 Å². The predicted molar refractivity (Wildman–Crippen MR) is 116 cm³/mol.